The quantitative estimate of drug-likeness (QED) is 0.333. The summed E-state index contributed by atoms with van der Waals surface area (Å²) >= 11 is 0. The van der Waals surface area contributed by atoms with Crippen molar-refractivity contribution in [2.75, 3.05) is 0 Å². The van der Waals surface area contributed by atoms with E-state index in [4.69, 9.17) is 9.11 Å². The van der Waals surface area contributed by atoms with Crippen molar-refractivity contribution in [3.8, 4) is 5.75 Å². The second kappa shape index (κ2) is 7.37. The zero-order valence-corrected chi connectivity index (χ0v) is 19.4. The number of hydrogen-bond donors (Lipinski definition) is 4. The van der Waals surface area contributed by atoms with Gasteiger partial charge in [0.2, 0.25) is 5.78 Å². The Morgan fingerprint density at radius 2 is 1.48 bits per heavy atom. The van der Waals surface area contributed by atoms with E-state index in [2.05, 4.69) is 9.98 Å². The van der Waals surface area contributed by atoms with Gasteiger partial charge in [-0.15, -0.1) is 0 Å². The maximum Gasteiger partial charge on any atom is 0.294 e. The van der Waals surface area contributed by atoms with Crippen molar-refractivity contribution in [1.29, 1.82) is 0 Å². The fourth-order valence-electron chi connectivity index (χ4n) is 2.91. The van der Waals surface area contributed by atoms with Gasteiger partial charge < -0.3 is 10.1 Å². The fourth-order valence-corrected chi connectivity index (χ4v) is 3.93. The third kappa shape index (κ3) is 3.85. The topological polar surface area (TPSA) is 174 Å². The first-order chi connectivity index (χ1) is 13.0. The van der Waals surface area contributed by atoms with Crippen LogP contribution in [-0.4, -0.2) is 98.9 Å². The van der Waals surface area contributed by atoms with Gasteiger partial charge in [-0.1, -0.05) is 0 Å². The summed E-state index contributed by atoms with van der Waals surface area (Å²) in [6.07, 6.45) is 0. The summed E-state index contributed by atoms with van der Waals surface area (Å²) in [5, 5.41) is 10.5. The number of H-pyrrole nitrogens is 1. The molecule has 1 aliphatic rings. The van der Waals surface area contributed by atoms with Crippen LogP contribution in [0.2, 0.25) is 0 Å². The molecule has 3 aromatic rings. The molecule has 1 radical (unpaired) electrons. The Hall–Kier alpha value is -1.42. The van der Waals surface area contributed by atoms with Crippen LogP contribution in [0, 0.1) is 0 Å². The predicted molar refractivity (Wildman–Crippen MR) is 102 cm³/mol. The van der Waals surface area contributed by atoms with Crippen LogP contribution in [0.4, 0.5) is 5.69 Å². The Balaban J connectivity index is 0.00000240. The maximum atomic E-state index is 12.7. The summed E-state index contributed by atoms with van der Waals surface area (Å²) in [6, 6.07) is 6.73. The van der Waals surface area contributed by atoms with Gasteiger partial charge in [-0.3, -0.25) is 13.9 Å². The Morgan fingerprint density at radius 3 is 2.10 bits per heavy atom. The van der Waals surface area contributed by atoms with Gasteiger partial charge in [0, 0.05) is 62.3 Å². The normalized spacial score (nSPS) is 13.9. The molecule has 145 valence electrons. The number of Topliss-reactive ketones (excluding diaryl/α,β-unsaturated/α-hetero) is 1. The van der Waals surface area contributed by atoms with E-state index >= 15 is 0 Å². The molecule has 0 fully saturated rings. The van der Waals surface area contributed by atoms with E-state index in [9.17, 15) is 26.7 Å². The molecule has 0 aliphatic carbocycles. The van der Waals surface area contributed by atoms with Gasteiger partial charge in [0.25, 0.3) is 20.2 Å². The van der Waals surface area contributed by atoms with E-state index in [0.717, 1.165) is 24.3 Å². The molecule has 0 bridgehead atoms. The molecule has 0 unspecified atom stereocenters. The van der Waals surface area contributed by atoms with Crippen LogP contribution in [0.5, 0.6) is 5.75 Å². The summed E-state index contributed by atoms with van der Waals surface area (Å²) < 4.78 is 63.4. The first kappa shape index (κ1) is 22.3. The van der Waals surface area contributed by atoms with Crippen molar-refractivity contribution in [3.63, 3.8) is 0 Å². The third-order valence-electron chi connectivity index (χ3n) is 4.24. The molecule has 0 saturated carbocycles. The van der Waals surface area contributed by atoms with Gasteiger partial charge in [0.1, 0.15) is 11.4 Å². The summed E-state index contributed by atoms with van der Waals surface area (Å²) in [4.78, 5) is 18.6. The number of carbonyl (C=O) groups excluding carboxylic acids is 1. The number of benzene rings is 2. The van der Waals surface area contributed by atoms with Crippen LogP contribution in [0.15, 0.2) is 51.2 Å². The van der Waals surface area contributed by atoms with Crippen molar-refractivity contribution in [3.05, 3.63) is 47.7 Å². The number of fused-ring (bicyclic) bond motifs is 2. The van der Waals surface area contributed by atoms with E-state index in [1.54, 1.807) is 0 Å². The van der Waals surface area contributed by atoms with E-state index < -0.39 is 41.6 Å². The van der Waals surface area contributed by atoms with Gasteiger partial charge in [0.15, 0.2) is 5.75 Å². The van der Waals surface area contributed by atoms with Crippen molar-refractivity contribution in [2.24, 2.45) is 4.99 Å². The van der Waals surface area contributed by atoms with Crippen LogP contribution in [-0.2, 0) is 20.2 Å². The summed E-state index contributed by atoms with van der Waals surface area (Å²) in [5.74, 6) is -1.16. The summed E-state index contributed by atoms with van der Waals surface area (Å²) in [5.41, 5.74) is 0.0255. The molecule has 0 spiro atoms. The molecule has 2 aromatic carbocycles. The van der Waals surface area contributed by atoms with E-state index in [-0.39, 0.29) is 84.9 Å². The molecular formula is C16H10KN2O8S2. The zero-order valence-electron chi connectivity index (χ0n) is 14.6. The number of aliphatic imine (C=N–C) groups is 1. The largest absolute Gasteiger partial charge is 0.505 e. The average molecular weight is 461 g/mol. The Labute approximate surface area is 206 Å². The first-order valence-electron chi connectivity index (χ1n) is 7.54. The van der Waals surface area contributed by atoms with Crippen LogP contribution in [0.1, 0.15) is 16.1 Å². The van der Waals surface area contributed by atoms with Crippen molar-refractivity contribution in [1.82, 2.24) is 4.98 Å². The molecule has 0 atom stereocenters. The Kier molecular flexibility index (Phi) is 5.66. The van der Waals surface area contributed by atoms with E-state index in [0.29, 0.717) is 0 Å². The molecule has 1 aromatic heterocycles. The number of carbonyl (C=O) groups is 1. The van der Waals surface area contributed by atoms with Crippen LogP contribution in [0.3, 0.4) is 0 Å². The summed E-state index contributed by atoms with van der Waals surface area (Å²) in [6.45, 7) is 0. The van der Waals surface area contributed by atoms with Crippen LogP contribution >= 0.6 is 0 Å². The second-order valence-corrected chi connectivity index (χ2v) is 8.82. The molecule has 13 heteroatoms. The molecule has 2 heterocycles. The number of nitrogens with one attached hydrogen (secondary N) is 1. The Morgan fingerprint density at radius 1 is 0.897 bits per heavy atom. The molecule has 10 nitrogen and oxygen atoms in total. The molecule has 29 heavy (non-hydrogen) atoms. The molecular weight excluding hydrogens is 451 g/mol. The van der Waals surface area contributed by atoms with Gasteiger partial charge in [-0.25, -0.2) is 4.99 Å². The van der Waals surface area contributed by atoms with Crippen molar-refractivity contribution in [2.45, 2.75) is 9.79 Å². The molecule has 1 aliphatic heterocycles. The van der Waals surface area contributed by atoms with Crippen molar-refractivity contribution >= 4 is 99.7 Å². The number of aromatic nitrogens is 1. The number of aromatic amines is 1. The zero-order chi connectivity index (χ0) is 20.4. The number of hydrogen-bond acceptors (Lipinski definition) is 7. The number of nitrogens with zero attached hydrogens (tertiary/aromatic N) is 1. The SMILES string of the molecule is O=C1C(c2[nH]c3ccc(S(=O)(=O)O)cc3c2O)=Nc2ccc(S(=O)(=O)O)cc21.[K]. The molecule has 4 rings (SSSR count). The molecule has 4 N–H and O–H groups in total. The third-order valence-corrected chi connectivity index (χ3v) is 5.93. The minimum atomic E-state index is -4.52. The van der Waals surface area contributed by atoms with Crippen LogP contribution in [0.25, 0.3) is 10.9 Å². The number of ketones is 1. The predicted octanol–water partition coefficient (Wildman–Crippen LogP) is 1.30. The van der Waals surface area contributed by atoms with Gasteiger partial charge in [-0.2, -0.15) is 16.8 Å². The number of aromatic hydroxyl groups is 1. The minimum absolute atomic E-state index is 0. The smallest absolute Gasteiger partial charge is 0.294 e. The van der Waals surface area contributed by atoms with Crippen molar-refractivity contribution < 1.29 is 35.8 Å². The van der Waals surface area contributed by atoms with Gasteiger partial charge in [-0.05, 0) is 36.4 Å². The minimum Gasteiger partial charge on any atom is -0.505 e. The van der Waals surface area contributed by atoms with Crippen LogP contribution < -0.4 is 0 Å². The molecule has 0 amide bonds. The van der Waals surface area contributed by atoms with Gasteiger partial charge >= 0.3 is 0 Å². The number of rotatable bonds is 3. The van der Waals surface area contributed by atoms with Gasteiger partial charge in [0.05, 0.1) is 21.0 Å². The second-order valence-electron chi connectivity index (χ2n) is 5.97. The monoisotopic (exact) mass is 461 g/mol. The fraction of sp³-hybridized carbons (Fsp3) is 0. The summed E-state index contributed by atoms with van der Waals surface area (Å²) in [7, 11) is -9.02. The maximum absolute atomic E-state index is 12.7. The van der Waals surface area contributed by atoms with E-state index in [1.807, 2.05) is 0 Å². The molecule has 0 saturated heterocycles. The van der Waals surface area contributed by atoms with E-state index in [1.165, 1.54) is 12.1 Å². The standard InChI is InChI=1S/C16H10N2O8S2.K/c19-15-9-5-7(27(21,22)23)1-3-11(9)17-13(15)14-16(20)10-6-8(28(24,25)26)2-4-12(10)18-14;/h1-6,17,19H,(H,21,22,23)(H,24,25,26);. The first-order valence-corrected chi connectivity index (χ1v) is 10.4. The average Bonchev–Trinajstić information content (AvgIpc) is 3.10. The Bertz CT molecular complexity index is 1440.